The predicted molar refractivity (Wildman–Crippen MR) is 110 cm³/mol. The topological polar surface area (TPSA) is 93.1 Å². The van der Waals surface area contributed by atoms with Crippen LogP contribution in [0, 0.1) is 0 Å². The van der Waals surface area contributed by atoms with Crippen LogP contribution >= 0.6 is 0 Å². The molecule has 6 heteroatoms. The van der Waals surface area contributed by atoms with Gasteiger partial charge in [0, 0.05) is 0 Å². The van der Waals surface area contributed by atoms with Crippen molar-refractivity contribution in [1.29, 1.82) is 0 Å². The van der Waals surface area contributed by atoms with Crippen molar-refractivity contribution in [2.75, 3.05) is 0 Å². The molecule has 0 heterocycles. The van der Waals surface area contributed by atoms with Crippen molar-refractivity contribution in [3.63, 3.8) is 0 Å². The summed E-state index contributed by atoms with van der Waals surface area (Å²) in [5, 5.41) is 20.2. The molecule has 0 radical (unpaired) electrons. The third-order valence-electron chi connectivity index (χ3n) is 4.87. The molecule has 0 aliphatic heterocycles. The number of esters is 2. The van der Waals surface area contributed by atoms with Crippen molar-refractivity contribution >= 4 is 11.9 Å². The quantitative estimate of drug-likeness (QED) is 0.353. The molecule has 0 rings (SSSR count). The molecule has 0 fully saturated rings. The maximum Gasteiger partial charge on any atom is 0.338 e. The largest absolute Gasteiger partial charge is 0.460 e. The Morgan fingerprint density at radius 1 is 0.607 bits per heavy atom. The van der Waals surface area contributed by atoms with Crippen LogP contribution in [0.4, 0.5) is 0 Å². The van der Waals surface area contributed by atoms with Gasteiger partial charge in [0.2, 0.25) is 0 Å². The fourth-order valence-electron chi connectivity index (χ4n) is 2.98. The van der Waals surface area contributed by atoms with Crippen LogP contribution in [0.25, 0.3) is 0 Å². The second-order valence-electron chi connectivity index (χ2n) is 7.58. The highest BCUT2D eigenvalue weighted by Crippen LogP contribution is 2.16. The number of carbonyl (C=O) groups excluding carboxylic acids is 2. The van der Waals surface area contributed by atoms with Crippen molar-refractivity contribution in [2.24, 2.45) is 0 Å². The third kappa shape index (κ3) is 11.6. The van der Waals surface area contributed by atoms with E-state index in [0.29, 0.717) is 25.7 Å². The van der Waals surface area contributed by atoms with E-state index in [1.54, 1.807) is 0 Å². The highest BCUT2D eigenvalue weighted by molar-refractivity contribution is 5.85. The molecule has 6 nitrogen and oxygen atoms in total. The second-order valence-corrected chi connectivity index (χ2v) is 7.58. The van der Waals surface area contributed by atoms with Gasteiger partial charge >= 0.3 is 11.9 Å². The number of hydrogen-bond donors (Lipinski definition) is 2. The number of carbonyl (C=O) groups is 2. The van der Waals surface area contributed by atoms with Crippen molar-refractivity contribution in [3.05, 3.63) is 0 Å². The van der Waals surface area contributed by atoms with Gasteiger partial charge in [-0.3, -0.25) is 0 Å². The lowest BCUT2D eigenvalue weighted by atomic mass is 10.1. The zero-order valence-electron chi connectivity index (χ0n) is 18.3. The minimum atomic E-state index is -1.92. The first-order valence-electron chi connectivity index (χ1n) is 11.2. The standard InChI is InChI=1S/C22H42O6/c1-5-9-13-17(14-10-6-2)27-21(25)19(23)20(24)22(26)28-18(15-11-7-3)16-12-8-4/h17-20,23-24H,5-16H2,1-4H3/t19-,20-/m1/s1. The zero-order valence-corrected chi connectivity index (χ0v) is 18.3. The van der Waals surface area contributed by atoms with Crippen LogP contribution in [0.2, 0.25) is 0 Å². The molecule has 0 spiro atoms. The summed E-state index contributed by atoms with van der Waals surface area (Å²) in [4.78, 5) is 24.4. The Labute approximate surface area is 171 Å². The Bertz CT molecular complexity index is 358. The maximum atomic E-state index is 12.2. The zero-order chi connectivity index (χ0) is 21.4. The molecule has 0 aromatic carbocycles. The molecule has 166 valence electrons. The van der Waals surface area contributed by atoms with Crippen molar-refractivity contribution < 1.29 is 29.3 Å². The van der Waals surface area contributed by atoms with Crippen LogP contribution in [0.3, 0.4) is 0 Å². The number of aliphatic hydroxyl groups is 2. The van der Waals surface area contributed by atoms with Crippen LogP contribution in [0.1, 0.15) is 105 Å². The molecule has 0 bridgehead atoms. The van der Waals surface area contributed by atoms with Gasteiger partial charge in [-0.1, -0.05) is 79.1 Å². The summed E-state index contributed by atoms with van der Waals surface area (Å²) >= 11 is 0. The van der Waals surface area contributed by atoms with E-state index in [1.807, 2.05) is 0 Å². The van der Waals surface area contributed by atoms with E-state index in [2.05, 4.69) is 27.7 Å². The molecular weight excluding hydrogens is 360 g/mol. The summed E-state index contributed by atoms with van der Waals surface area (Å²) in [6.07, 6.45) is 6.00. The molecule has 0 saturated heterocycles. The third-order valence-corrected chi connectivity index (χ3v) is 4.87. The van der Waals surface area contributed by atoms with Crippen molar-refractivity contribution in [1.82, 2.24) is 0 Å². The van der Waals surface area contributed by atoms with E-state index in [0.717, 1.165) is 51.4 Å². The molecular formula is C22H42O6. The van der Waals surface area contributed by atoms with Crippen LogP contribution in [0.5, 0.6) is 0 Å². The summed E-state index contributed by atoms with van der Waals surface area (Å²) in [7, 11) is 0. The van der Waals surface area contributed by atoms with E-state index in [4.69, 9.17) is 9.47 Å². The fourth-order valence-corrected chi connectivity index (χ4v) is 2.98. The average molecular weight is 403 g/mol. The minimum absolute atomic E-state index is 0.299. The average Bonchev–Trinajstić information content (AvgIpc) is 2.70. The Balaban J connectivity index is 4.72. The van der Waals surface area contributed by atoms with E-state index in [9.17, 15) is 19.8 Å². The lowest BCUT2D eigenvalue weighted by Crippen LogP contribution is -2.43. The highest BCUT2D eigenvalue weighted by atomic mass is 16.6. The summed E-state index contributed by atoms with van der Waals surface area (Å²) in [6.45, 7) is 8.23. The summed E-state index contributed by atoms with van der Waals surface area (Å²) in [6, 6.07) is 0. The fraction of sp³-hybridized carbons (Fsp3) is 0.909. The summed E-state index contributed by atoms with van der Waals surface area (Å²) < 4.78 is 10.7. The van der Waals surface area contributed by atoms with Gasteiger partial charge in [0.05, 0.1) is 0 Å². The summed E-state index contributed by atoms with van der Waals surface area (Å²) in [5.41, 5.74) is 0. The molecule has 0 amide bonds. The molecule has 0 unspecified atom stereocenters. The predicted octanol–water partition coefficient (Wildman–Crippen LogP) is 4.29. The molecule has 28 heavy (non-hydrogen) atoms. The molecule has 0 aromatic rings. The van der Waals surface area contributed by atoms with Gasteiger partial charge in [0.15, 0.2) is 12.2 Å². The Kier molecular flexibility index (Phi) is 16.1. The number of aliphatic hydroxyl groups excluding tert-OH is 2. The summed E-state index contributed by atoms with van der Waals surface area (Å²) in [5.74, 6) is -1.92. The van der Waals surface area contributed by atoms with Gasteiger partial charge in [-0.2, -0.15) is 0 Å². The SMILES string of the molecule is CCCCC(CCCC)OC(=O)[C@H](O)[C@@H](O)C(=O)OC(CCCC)CCCC. The minimum Gasteiger partial charge on any atom is -0.460 e. The van der Waals surface area contributed by atoms with Crippen molar-refractivity contribution in [2.45, 2.75) is 129 Å². The number of unbranched alkanes of at least 4 members (excludes halogenated alkanes) is 4. The van der Waals surface area contributed by atoms with Crippen LogP contribution in [-0.2, 0) is 19.1 Å². The second kappa shape index (κ2) is 16.8. The molecule has 0 aliphatic carbocycles. The number of rotatable bonds is 17. The van der Waals surface area contributed by atoms with Gasteiger partial charge in [0.25, 0.3) is 0 Å². The lowest BCUT2D eigenvalue weighted by molar-refractivity contribution is -0.179. The van der Waals surface area contributed by atoms with Gasteiger partial charge < -0.3 is 19.7 Å². The van der Waals surface area contributed by atoms with Gasteiger partial charge in [-0.25, -0.2) is 9.59 Å². The molecule has 2 atom stereocenters. The first kappa shape index (κ1) is 26.9. The van der Waals surface area contributed by atoms with E-state index in [1.165, 1.54) is 0 Å². The van der Waals surface area contributed by atoms with Crippen LogP contribution < -0.4 is 0 Å². The Hall–Kier alpha value is -1.14. The van der Waals surface area contributed by atoms with Gasteiger partial charge in [-0.15, -0.1) is 0 Å². The van der Waals surface area contributed by atoms with Crippen molar-refractivity contribution in [3.8, 4) is 0 Å². The van der Waals surface area contributed by atoms with Gasteiger partial charge in [-0.05, 0) is 25.7 Å². The smallest absolute Gasteiger partial charge is 0.338 e. The normalized spacial score (nSPS) is 13.6. The van der Waals surface area contributed by atoms with E-state index in [-0.39, 0.29) is 12.2 Å². The highest BCUT2D eigenvalue weighted by Gasteiger charge is 2.35. The molecule has 0 aromatic heterocycles. The molecule has 0 saturated carbocycles. The van der Waals surface area contributed by atoms with Crippen LogP contribution in [-0.4, -0.2) is 46.6 Å². The Morgan fingerprint density at radius 2 is 0.857 bits per heavy atom. The van der Waals surface area contributed by atoms with Gasteiger partial charge in [0.1, 0.15) is 12.2 Å². The molecule has 0 aliphatic rings. The Morgan fingerprint density at radius 3 is 1.07 bits per heavy atom. The monoisotopic (exact) mass is 402 g/mol. The maximum absolute atomic E-state index is 12.2. The number of ether oxygens (including phenoxy) is 2. The van der Waals surface area contributed by atoms with E-state index >= 15 is 0 Å². The van der Waals surface area contributed by atoms with E-state index < -0.39 is 24.1 Å². The first-order chi connectivity index (χ1) is 13.4. The molecule has 2 N–H and O–H groups in total. The van der Waals surface area contributed by atoms with Crippen LogP contribution in [0.15, 0.2) is 0 Å². The first-order valence-corrected chi connectivity index (χ1v) is 11.2. The number of hydrogen-bond acceptors (Lipinski definition) is 6. The lowest BCUT2D eigenvalue weighted by Gasteiger charge is -2.23.